The third-order valence-electron chi connectivity index (χ3n) is 2.40. The molecular formula is C11H22N4. The maximum atomic E-state index is 5.58. The molecule has 1 atom stereocenters. The Bertz CT molecular complexity index is 298. The highest BCUT2D eigenvalue weighted by Crippen LogP contribution is 2.28. The van der Waals surface area contributed by atoms with Crippen LogP contribution in [0.5, 0.6) is 0 Å². The van der Waals surface area contributed by atoms with Gasteiger partial charge in [0.1, 0.15) is 0 Å². The van der Waals surface area contributed by atoms with E-state index in [9.17, 15) is 0 Å². The number of aryl methyl sites for hydroxylation is 1. The Kier molecular flexibility index (Phi) is 3.88. The molecule has 0 aliphatic heterocycles. The first kappa shape index (κ1) is 12.2. The van der Waals surface area contributed by atoms with E-state index in [0.29, 0.717) is 0 Å². The third kappa shape index (κ3) is 3.64. The summed E-state index contributed by atoms with van der Waals surface area (Å²) in [6, 6.07) is 0.185. The Labute approximate surface area is 91.8 Å². The number of hydrogen-bond donors (Lipinski definition) is 2. The van der Waals surface area contributed by atoms with Crippen LogP contribution >= 0.6 is 0 Å². The summed E-state index contributed by atoms with van der Waals surface area (Å²) in [7, 11) is 0. The van der Waals surface area contributed by atoms with Crippen LogP contribution in [-0.4, -0.2) is 9.78 Å². The van der Waals surface area contributed by atoms with Crippen molar-refractivity contribution in [2.24, 2.45) is 11.3 Å². The molecule has 15 heavy (non-hydrogen) atoms. The van der Waals surface area contributed by atoms with Crippen molar-refractivity contribution in [3.8, 4) is 0 Å². The topological polar surface area (TPSA) is 55.9 Å². The van der Waals surface area contributed by atoms with Crippen LogP contribution in [0.2, 0.25) is 0 Å². The minimum atomic E-state index is 0.185. The van der Waals surface area contributed by atoms with Crippen molar-refractivity contribution in [3.05, 3.63) is 18.0 Å². The molecule has 86 valence electrons. The fraction of sp³-hybridized carbons (Fsp3) is 0.727. The molecule has 0 fully saturated rings. The molecule has 0 spiro atoms. The molecule has 1 heterocycles. The van der Waals surface area contributed by atoms with Gasteiger partial charge in [0.25, 0.3) is 0 Å². The van der Waals surface area contributed by atoms with Crippen molar-refractivity contribution >= 4 is 0 Å². The largest absolute Gasteiger partial charge is 0.273 e. The minimum absolute atomic E-state index is 0.185. The van der Waals surface area contributed by atoms with Crippen molar-refractivity contribution in [3.63, 3.8) is 0 Å². The van der Waals surface area contributed by atoms with E-state index in [0.717, 1.165) is 18.5 Å². The van der Waals surface area contributed by atoms with Gasteiger partial charge in [-0.05, 0) is 18.8 Å². The van der Waals surface area contributed by atoms with Crippen LogP contribution in [0.4, 0.5) is 0 Å². The van der Waals surface area contributed by atoms with Crippen molar-refractivity contribution in [2.45, 2.75) is 46.7 Å². The van der Waals surface area contributed by atoms with Gasteiger partial charge in [0.05, 0.1) is 6.20 Å². The zero-order valence-electron chi connectivity index (χ0n) is 10.1. The molecule has 1 aromatic heterocycles. The lowest BCUT2D eigenvalue weighted by atomic mass is 9.86. The number of hydrogen-bond acceptors (Lipinski definition) is 3. The highest BCUT2D eigenvalue weighted by Gasteiger charge is 2.20. The van der Waals surface area contributed by atoms with Gasteiger partial charge in [-0.2, -0.15) is 5.10 Å². The SMILES string of the molecule is CCn1cc(C(CC(C)(C)C)NN)cn1. The Hall–Kier alpha value is -0.870. The standard InChI is InChI=1S/C11H22N4/c1-5-15-8-9(7-13-15)10(14-12)6-11(2,3)4/h7-8,10,14H,5-6,12H2,1-4H3. The van der Waals surface area contributed by atoms with Crippen LogP contribution < -0.4 is 11.3 Å². The summed E-state index contributed by atoms with van der Waals surface area (Å²) in [5.74, 6) is 5.58. The fourth-order valence-electron chi connectivity index (χ4n) is 1.62. The van der Waals surface area contributed by atoms with Gasteiger partial charge in [-0.3, -0.25) is 16.0 Å². The predicted molar refractivity (Wildman–Crippen MR) is 62.0 cm³/mol. The van der Waals surface area contributed by atoms with Crippen LogP contribution in [0, 0.1) is 5.41 Å². The minimum Gasteiger partial charge on any atom is -0.273 e. The fourth-order valence-corrected chi connectivity index (χ4v) is 1.62. The lowest BCUT2D eigenvalue weighted by Crippen LogP contribution is -2.30. The first-order valence-electron chi connectivity index (χ1n) is 5.44. The van der Waals surface area contributed by atoms with Crippen LogP contribution in [0.3, 0.4) is 0 Å². The van der Waals surface area contributed by atoms with Gasteiger partial charge in [0, 0.05) is 24.3 Å². The molecule has 4 nitrogen and oxygen atoms in total. The lowest BCUT2D eigenvalue weighted by Gasteiger charge is -2.24. The van der Waals surface area contributed by atoms with Gasteiger partial charge in [-0.15, -0.1) is 0 Å². The summed E-state index contributed by atoms with van der Waals surface area (Å²) >= 11 is 0. The normalized spacial score (nSPS) is 14.2. The predicted octanol–water partition coefficient (Wildman–Crippen LogP) is 1.84. The first-order valence-corrected chi connectivity index (χ1v) is 5.44. The summed E-state index contributed by atoms with van der Waals surface area (Å²) < 4.78 is 1.92. The number of nitrogens with two attached hydrogens (primary N) is 1. The van der Waals surface area contributed by atoms with Crippen molar-refractivity contribution < 1.29 is 0 Å². The summed E-state index contributed by atoms with van der Waals surface area (Å²) in [5, 5.41) is 4.25. The van der Waals surface area contributed by atoms with E-state index in [-0.39, 0.29) is 11.5 Å². The van der Waals surface area contributed by atoms with E-state index >= 15 is 0 Å². The number of nitrogens with one attached hydrogen (secondary N) is 1. The van der Waals surface area contributed by atoms with Crippen LogP contribution in [0.15, 0.2) is 12.4 Å². The highest BCUT2D eigenvalue weighted by atomic mass is 15.3. The molecule has 0 radical (unpaired) electrons. The summed E-state index contributed by atoms with van der Waals surface area (Å²) in [4.78, 5) is 0. The second-order valence-corrected chi connectivity index (χ2v) is 5.11. The van der Waals surface area contributed by atoms with Crippen molar-refractivity contribution in [1.29, 1.82) is 0 Å². The number of aromatic nitrogens is 2. The number of rotatable bonds is 4. The Balaban J connectivity index is 2.74. The third-order valence-corrected chi connectivity index (χ3v) is 2.40. The number of nitrogens with zero attached hydrogens (tertiary/aromatic N) is 2. The van der Waals surface area contributed by atoms with E-state index in [1.807, 2.05) is 10.9 Å². The second-order valence-electron chi connectivity index (χ2n) is 5.11. The maximum absolute atomic E-state index is 5.58. The molecule has 1 unspecified atom stereocenters. The van der Waals surface area contributed by atoms with E-state index in [2.05, 4.69) is 44.4 Å². The highest BCUT2D eigenvalue weighted by molar-refractivity contribution is 5.10. The van der Waals surface area contributed by atoms with Gasteiger partial charge in [0.2, 0.25) is 0 Å². The molecule has 0 aromatic carbocycles. The Morgan fingerprint density at radius 3 is 2.60 bits per heavy atom. The van der Waals surface area contributed by atoms with Crippen LogP contribution in [0.1, 0.15) is 45.7 Å². The zero-order chi connectivity index (χ0) is 11.5. The van der Waals surface area contributed by atoms with Crippen molar-refractivity contribution in [1.82, 2.24) is 15.2 Å². The molecule has 1 rings (SSSR count). The first-order chi connectivity index (χ1) is 6.96. The van der Waals surface area contributed by atoms with Gasteiger partial charge >= 0.3 is 0 Å². The van der Waals surface area contributed by atoms with Crippen LogP contribution in [-0.2, 0) is 6.54 Å². The monoisotopic (exact) mass is 210 g/mol. The Morgan fingerprint density at radius 2 is 2.20 bits per heavy atom. The van der Waals surface area contributed by atoms with E-state index in [1.54, 1.807) is 0 Å². The van der Waals surface area contributed by atoms with Gasteiger partial charge in [0.15, 0.2) is 0 Å². The molecule has 0 saturated carbocycles. The maximum Gasteiger partial charge on any atom is 0.0538 e. The van der Waals surface area contributed by atoms with Gasteiger partial charge in [-0.1, -0.05) is 20.8 Å². The van der Waals surface area contributed by atoms with E-state index in [1.165, 1.54) is 0 Å². The smallest absolute Gasteiger partial charge is 0.0538 e. The summed E-state index contributed by atoms with van der Waals surface area (Å²) in [6.07, 6.45) is 4.94. The molecular weight excluding hydrogens is 188 g/mol. The quantitative estimate of drug-likeness (QED) is 0.589. The lowest BCUT2D eigenvalue weighted by molar-refractivity contribution is 0.313. The summed E-state index contributed by atoms with van der Waals surface area (Å²) in [5.41, 5.74) is 4.28. The summed E-state index contributed by atoms with van der Waals surface area (Å²) in [6.45, 7) is 9.60. The molecule has 0 amide bonds. The molecule has 0 aliphatic carbocycles. The van der Waals surface area contributed by atoms with Gasteiger partial charge < -0.3 is 0 Å². The van der Waals surface area contributed by atoms with Crippen LogP contribution in [0.25, 0.3) is 0 Å². The average molecular weight is 210 g/mol. The zero-order valence-corrected chi connectivity index (χ0v) is 10.1. The van der Waals surface area contributed by atoms with Gasteiger partial charge in [-0.25, -0.2) is 0 Å². The second kappa shape index (κ2) is 4.77. The van der Waals surface area contributed by atoms with E-state index < -0.39 is 0 Å². The molecule has 3 N–H and O–H groups in total. The van der Waals surface area contributed by atoms with E-state index in [4.69, 9.17) is 5.84 Å². The molecule has 0 aliphatic rings. The molecule has 1 aromatic rings. The van der Waals surface area contributed by atoms with Crippen molar-refractivity contribution in [2.75, 3.05) is 0 Å². The molecule has 0 saturated heterocycles. The number of hydrazine groups is 1. The average Bonchev–Trinajstić information content (AvgIpc) is 2.60. The Morgan fingerprint density at radius 1 is 1.53 bits per heavy atom. The molecule has 4 heteroatoms. The molecule has 0 bridgehead atoms.